The third-order valence-corrected chi connectivity index (χ3v) is 3.85. The molecule has 1 saturated carbocycles. The van der Waals surface area contributed by atoms with Crippen molar-refractivity contribution in [3.8, 4) is 0 Å². The van der Waals surface area contributed by atoms with E-state index in [1.807, 2.05) is 6.07 Å². The summed E-state index contributed by atoms with van der Waals surface area (Å²) in [6, 6.07) is 5.01. The quantitative estimate of drug-likeness (QED) is 0.783. The van der Waals surface area contributed by atoms with Crippen LogP contribution in [-0.2, 0) is 9.84 Å². The van der Waals surface area contributed by atoms with E-state index in [0.717, 1.165) is 18.4 Å². The summed E-state index contributed by atoms with van der Waals surface area (Å²) in [5.74, 6) is 0.552. The van der Waals surface area contributed by atoms with Crippen molar-refractivity contribution in [1.29, 1.82) is 0 Å². The van der Waals surface area contributed by atoms with Crippen molar-refractivity contribution in [2.24, 2.45) is 0 Å². The Morgan fingerprint density at radius 1 is 1.36 bits per heavy atom. The van der Waals surface area contributed by atoms with Crippen LogP contribution in [0.15, 0.2) is 23.1 Å². The summed E-state index contributed by atoms with van der Waals surface area (Å²) in [6.07, 6.45) is 3.52. The van der Waals surface area contributed by atoms with Gasteiger partial charge in [0.1, 0.15) is 0 Å². The van der Waals surface area contributed by atoms with Gasteiger partial charge in [-0.15, -0.1) is 0 Å². The van der Waals surface area contributed by atoms with E-state index >= 15 is 0 Å². The molecule has 0 amide bonds. The lowest BCUT2D eigenvalue weighted by atomic mass is 10.1. The Balaban J connectivity index is 2.45. The Hall–Kier alpha value is -0.540. The fourth-order valence-electron chi connectivity index (χ4n) is 1.46. The van der Waals surface area contributed by atoms with E-state index in [1.54, 1.807) is 12.1 Å². The normalized spacial score (nSPS) is 17.0. The maximum absolute atomic E-state index is 11.2. The molecule has 0 N–H and O–H groups in total. The van der Waals surface area contributed by atoms with Crippen molar-refractivity contribution in [1.82, 2.24) is 0 Å². The van der Waals surface area contributed by atoms with Gasteiger partial charge in [0.15, 0.2) is 9.84 Å². The fraction of sp³-hybridized carbons (Fsp3) is 0.400. The molecule has 4 heteroatoms. The molecule has 14 heavy (non-hydrogen) atoms. The molecule has 0 radical (unpaired) electrons. The Labute approximate surface area is 88.8 Å². The highest BCUT2D eigenvalue weighted by Crippen LogP contribution is 2.43. The van der Waals surface area contributed by atoms with Crippen molar-refractivity contribution >= 4 is 21.4 Å². The largest absolute Gasteiger partial charge is 0.224 e. The van der Waals surface area contributed by atoms with Crippen molar-refractivity contribution in [3.05, 3.63) is 28.8 Å². The highest BCUT2D eigenvalue weighted by molar-refractivity contribution is 7.90. The van der Waals surface area contributed by atoms with Crippen LogP contribution in [0.4, 0.5) is 0 Å². The highest BCUT2D eigenvalue weighted by Gasteiger charge is 2.26. The highest BCUT2D eigenvalue weighted by atomic mass is 35.5. The van der Waals surface area contributed by atoms with Gasteiger partial charge in [0.2, 0.25) is 0 Å². The molecule has 1 fully saturated rings. The summed E-state index contributed by atoms with van der Waals surface area (Å²) in [7, 11) is -3.13. The second-order valence-corrected chi connectivity index (χ2v) is 6.15. The van der Waals surface area contributed by atoms with Gasteiger partial charge in [-0.3, -0.25) is 0 Å². The van der Waals surface area contributed by atoms with Crippen LogP contribution in [-0.4, -0.2) is 14.7 Å². The van der Waals surface area contributed by atoms with E-state index in [9.17, 15) is 8.42 Å². The molecule has 1 aromatic carbocycles. The molecular formula is C10H11ClO2S. The van der Waals surface area contributed by atoms with Gasteiger partial charge < -0.3 is 0 Å². The Bertz CT molecular complexity index is 461. The van der Waals surface area contributed by atoms with E-state index < -0.39 is 9.84 Å². The van der Waals surface area contributed by atoms with Crippen LogP contribution in [0, 0.1) is 0 Å². The van der Waals surface area contributed by atoms with Crippen molar-refractivity contribution in [2.75, 3.05) is 6.26 Å². The van der Waals surface area contributed by atoms with Crippen LogP contribution < -0.4 is 0 Å². The van der Waals surface area contributed by atoms with Gasteiger partial charge in [0, 0.05) is 11.3 Å². The van der Waals surface area contributed by atoms with Crippen molar-refractivity contribution in [2.45, 2.75) is 23.7 Å². The molecule has 0 spiro atoms. The molecule has 0 bridgehead atoms. The molecule has 2 rings (SSSR count). The Kier molecular flexibility index (Phi) is 2.32. The smallest absolute Gasteiger partial charge is 0.175 e. The average molecular weight is 231 g/mol. The van der Waals surface area contributed by atoms with Crippen LogP contribution >= 0.6 is 11.6 Å². The molecule has 76 valence electrons. The topological polar surface area (TPSA) is 34.1 Å². The molecular weight excluding hydrogens is 220 g/mol. The predicted octanol–water partition coefficient (Wildman–Crippen LogP) is 2.62. The first-order valence-corrected chi connectivity index (χ1v) is 6.75. The maximum Gasteiger partial charge on any atom is 0.175 e. The summed E-state index contributed by atoms with van der Waals surface area (Å²) >= 11 is 6.01. The van der Waals surface area contributed by atoms with E-state index in [-0.39, 0.29) is 0 Å². The van der Waals surface area contributed by atoms with Crippen LogP contribution in [0.25, 0.3) is 0 Å². The van der Waals surface area contributed by atoms with Gasteiger partial charge in [-0.25, -0.2) is 8.42 Å². The number of halogens is 1. The minimum Gasteiger partial charge on any atom is -0.224 e. The summed E-state index contributed by atoms with van der Waals surface area (Å²) in [5.41, 5.74) is 1.08. The molecule has 0 aromatic heterocycles. The number of hydrogen-bond donors (Lipinski definition) is 0. The summed E-state index contributed by atoms with van der Waals surface area (Å²) in [4.78, 5) is 0.298. The van der Waals surface area contributed by atoms with Crippen LogP contribution in [0.2, 0.25) is 5.02 Å². The monoisotopic (exact) mass is 230 g/mol. The minimum absolute atomic E-state index is 0.298. The summed E-state index contributed by atoms with van der Waals surface area (Å²) < 4.78 is 22.4. The Morgan fingerprint density at radius 3 is 2.43 bits per heavy atom. The molecule has 2 nitrogen and oxygen atoms in total. The first-order chi connectivity index (χ1) is 6.48. The lowest BCUT2D eigenvalue weighted by Crippen LogP contribution is -1.97. The number of benzene rings is 1. The van der Waals surface area contributed by atoms with E-state index in [4.69, 9.17) is 11.6 Å². The second-order valence-electron chi connectivity index (χ2n) is 3.73. The van der Waals surface area contributed by atoms with Gasteiger partial charge in [-0.1, -0.05) is 17.7 Å². The van der Waals surface area contributed by atoms with Crippen LogP contribution in [0.3, 0.4) is 0 Å². The molecule has 1 aliphatic rings. The minimum atomic E-state index is -3.13. The van der Waals surface area contributed by atoms with E-state index in [1.165, 1.54) is 6.26 Å². The average Bonchev–Trinajstić information content (AvgIpc) is 2.85. The summed E-state index contributed by atoms with van der Waals surface area (Å²) in [5, 5.41) is 0.579. The lowest BCUT2D eigenvalue weighted by Gasteiger charge is -2.04. The molecule has 1 aliphatic carbocycles. The number of hydrogen-bond acceptors (Lipinski definition) is 2. The molecule has 1 aromatic rings. The first-order valence-electron chi connectivity index (χ1n) is 4.48. The third kappa shape index (κ3) is 1.93. The molecule has 0 heterocycles. The van der Waals surface area contributed by atoms with Gasteiger partial charge in [0.25, 0.3) is 0 Å². The molecule has 0 unspecified atom stereocenters. The van der Waals surface area contributed by atoms with Gasteiger partial charge in [0.05, 0.1) is 4.90 Å². The zero-order valence-corrected chi connectivity index (χ0v) is 9.40. The summed E-state index contributed by atoms with van der Waals surface area (Å²) in [6.45, 7) is 0. The van der Waals surface area contributed by atoms with E-state index in [0.29, 0.717) is 15.8 Å². The lowest BCUT2D eigenvalue weighted by molar-refractivity contribution is 0.602. The zero-order valence-electron chi connectivity index (χ0n) is 7.83. The first kappa shape index (κ1) is 9.99. The SMILES string of the molecule is CS(=O)(=O)c1ccc(C2CC2)c(Cl)c1. The van der Waals surface area contributed by atoms with Crippen LogP contribution in [0.1, 0.15) is 24.3 Å². The number of rotatable bonds is 2. The predicted molar refractivity (Wildman–Crippen MR) is 56.5 cm³/mol. The fourth-order valence-corrected chi connectivity index (χ4v) is 2.51. The van der Waals surface area contributed by atoms with Crippen LogP contribution in [0.5, 0.6) is 0 Å². The third-order valence-electron chi connectivity index (χ3n) is 2.42. The maximum atomic E-state index is 11.2. The zero-order chi connectivity index (χ0) is 10.3. The van der Waals surface area contributed by atoms with Gasteiger partial charge in [-0.05, 0) is 36.5 Å². The molecule has 0 saturated heterocycles. The second kappa shape index (κ2) is 3.24. The molecule has 0 aliphatic heterocycles. The number of sulfone groups is 1. The van der Waals surface area contributed by atoms with Gasteiger partial charge >= 0.3 is 0 Å². The van der Waals surface area contributed by atoms with Gasteiger partial charge in [-0.2, -0.15) is 0 Å². The Morgan fingerprint density at radius 2 is 2.00 bits per heavy atom. The van der Waals surface area contributed by atoms with Crippen molar-refractivity contribution in [3.63, 3.8) is 0 Å². The van der Waals surface area contributed by atoms with Crippen molar-refractivity contribution < 1.29 is 8.42 Å². The standard InChI is InChI=1S/C10H11ClO2S/c1-14(12,13)8-4-5-9(7-2-3-7)10(11)6-8/h4-7H,2-3H2,1H3. The molecule has 0 atom stereocenters. The van der Waals surface area contributed by atoms with E-state index in [2.05, 4.69) is 0 Å².